The SMILES string of the molecule is c1ccc2c(N3CCCc4sccc43)c[nH]c2c1. The molecule has 3 heterocycles. The topological polar surface area (TPSA) is 19.0 Å². The predicted octanol–water partition coefficient (Wildman–Crippen LogP) is 4.31. The lowest BCUT2D eigenvalue weighted by molar-refractivity contribution is 0.781. The minimum Gasteiger partial charge on any atom is -0.359 e. The van der Waals surface area contributed by atoms with Gasteiger partial charge in [-0.25, -0.2) is 0 Å². The van der Waals surface area contributed by atoms with Crippen LogP contribution in [0, 0.1) is 0 Å². The maximum atomic E-state index is 3.37. The molecule has 2 aromatic heterocycles. The molecule has 0 saturated heterocycles. The van der Waals surface area contributed by atoms with E-state index in [1.807, 2.05) is 11.3 Å². The van der Waals surface area contributed by atoms with Crippen molar-refractivity contribution in [1.29, 1.82) is 0 Å². The van der Waals surface area contributed by atoms with Crippen LogP contribution in [0.1, 0.15) is 11.3 Å². The second-order valence-corrected chi connectivity index (χ2v) is 5.70. The Morgan fingerprint density at radius 3 is 3.06 bits per heavy atom. The van der Waals surface area contributed by atoms with E-state index in [9.17, 15) is 0 Å². The second-order valence-electron chi connectivity index (χ2n) is 4.70. The zero-order valence-corrected chi connectivity index (χ0v) is 10.8. The van der Waals surface area contributed by atoms with Crippen molar-refractivity contribution >= 4 is 33.6 Å². The van der Waals surface area contributed by atoms with Crippen LogP contribution in [0.4, 0.5) is 11.4 Å². The molecular formula is C15H14N2S. The number of fused-ring (bicyclic) bond motifs is 2. The molecule has 4 rings (SSSR count). The van der Waals surface area contributed by atoms with Crippen molar-refractivity contribution in [3.63, 3.8) is 0 Å². The van der Waals surface area contributed by atoms with E-state index in [-0.39, 0.29) is 0 Å². The molecule has 3 aromatic rings. The Labute approximate surface area is 110 Å². The average molecular weight is 254 g/mol. The molecule has 1 N–H and O–H groups in total. The van der Waals surface area contributed by atoms with E-state index in [4.69, 9.17) is 0 Å². The summed E-state index contributed by atoms with van der Waals surface area (Å²) in [5.74, 6) is 0. The first-order valence-electron chi connectivity index (χ1n) is 6.33. The number of rotatable bonds is 1. The first kappa shape index (κ1) is 10.2. The van der Waals surface area contributed by atoms with Gasteiger partial charge in [-0.05, 0) is 30.4 Å². The van der Waals surface area contributed by atoms with Crippen molar-refractivity contribution in [3.8, 4) is 0 Å². The molecule has 1 aliphatic heterocycles. The summed E-state index contributed by atoms with van der Waals surface area (Å²) in [6.45, 7) is 1.12. The van der Waals surface area contributed by atoms with Gasteiger partial charge in [0.1, 0.15) is 0 Å². The van der Waals surface area contributed by atoms with Crippen LogP contribution in [-0.2, 0) is 6.42 Å². The molecular weight excluding hydrogens is 240 g/mol. The Balaban J connectivity index is 1.90. The molecule has 0 unspecified atom stereocenters. The number of nitrogens with one attached hydrogen (secondary N) is 1. The lowest BCUT2D eigenvalue weighted by atomic mass is 10.1. The molecule has 0 fully saturated rings. The molecule has 0 aliphatic carbocycles. The van der Waals surface area contributed by atoms with Gasteiger partial charge in [0.15, 0.2) is 0 Å². The van der Waals surface area contributed by atoms with E-state index in [1.54, 1.807) is 0 Å². The standard InChI is InChI=1S/C15H14N2S/c1-2-5-12-11(4-1)14(10-16-12)17-8-3-6-15-13(17)7-9-18-15/h1-2,4-5,7,9-10,16H,3,6,8H2. The lowest BCUT2D eigenvalue weighted by Crippen LogP contribution is -2.22. The smallest absolute Gasteiger partial charge is 0.0668 e. The average Bonchev–Trinajstić information content (AvgIpc) is 3.05. The van der Waals surface area contributed by atoms with Crippen molar-refractivity contribution in [3.05, 3.63) is 46.8 Å². The molecule has 3 heteroatoms. The number of aryl methyl sites for hydroxylation is 1. The van der Waals surface area contributed by atoms with Gasteiger partial charge in [-0.1, -0.05) is 18.2 Å². The van der Waals surface area contributed by atoms with Crippen molar-refractivity contribution in [1.82, 2.24) is 4.98 Å². The van der Waals surface area contributed by atoms with E-state index in [0.29, 0.717) is 0 Å². The Hall–Kier alpha value is -1.74. The minimum atomic E-state index is 1.12. The molecule has 0 spiro atoms. The molecule has 18 heavy (non-hydrogen) atoms. The number of benzene rings is 1. The van der Waals surface area contributed by atoms with Gasteiger partial charge in [-0.2, -0.15) is 0 Å². The summed E-state index contributed by atoms with van der Waals surface area (Å²) in [7, 11) is 0. The molecule has 0 amide bonds. The van der Waals surface area contributed by atoms with E-state index >= 15 is 0 Å². The summed E-state index contributed by atoms with van der Waals surface area (Å²) in [6, 6.07) is 10.8. The highest BCUT2D eigenvalue weighted by molar-refractivity contribution is 7.10. The third-order valence-electron chi connectivity index (χ3n) is 3.66. The molecule has 0 radical (unpaired) electrons. The van der Waals surface area contributed by atoms with Crippen LogP contribution < -0.4 is 4.90 Å². The van der Waals surface area contributed by atoms with E-state index in [1.165, 1.54) is 40.0 Å². The Morgan fingerprint density at radius 2 is 2.06 bits per heavy atom. The number of aromatic amines is 1. The number of para-hydroxylation sites is 1. The molecule has 0 saturated carbocycles. The Kier molecular flexibility index (Phi) is 2.20. The monoisotopic (exact) mass is 254 g/mol. The number of anilines is 2. The van der Waals surface area contributed by atoms with Crippen LogP contribution in [0.2, 0.25) is 0 Å². The number of aromatic nitrogens is 1. The van der Waals surface area contributed by atoms with Crippen LogP contribution in [0.25, 0.3) is 10.9 Å². The summed E-state index contributed by atoms with van der Waals surface area (Å²) in [4.78, 5) is 7.34. The Bertz CT molecular complexity index is 695. The summed E-state index contributed by atoms with van der Waals surface area (Å²) in [5.41, 5.74) is 3.93. The molecule has 2 nitrogen and oxygen atoms in total. The fourth-order valence-electron chi connectivity index (χ4n) is 2.81. The van der Waals surface area contributed by atoms with Gasteiger partial charge < -0.3 is 9.88 Å². The largest absolute Gasteiger partial charge is 0.359 e. The van der Waals surface area contributed by atoms with Gasteiger partial charge in [0.2, 0.25) is 0 Å². The van der Waals surface area contributed by atoms with Gasteiger partial charge >= 0.3 is 0 Å². The minimum absolute atomic E-state index is 1.12. The predicted molar refractivity (Wildman–Crippen MR) is 77.9 cm³/mol. The molecule has 1 aliphatic rings. The summed E-state index contributed by atoms with van der Waals surface area (Å²) in [5, 5.41) is 3.52. The fraction of sp³-hybridized carbons (Fsp3) is 0.200. The zero-order chi connectivity index (χ0) is 11.9. The van der Waals surface area contributed by atoms with E-state index in [2.05, 4.69) is 51.8 Å². The van der Waals surface area contributed by atoms with Crippen molar-refractivity contribution in [2.75, 3.05) is 11.4 Å². The van der Waals surface area contributed by atoms with Gasteiger partial charge in [0, 0.05) is 28.5 Å². The molecule has 90 valence electrons. The highest BCUT2D eigenvalue weighted by Gasteiger charge is 2.21. The van der Waals surface area contributed by atoms with E-state index in [0.717, 1.165) is 6.54 Å². The quantitative estimate of drug-likeness (QED) is 0.685. The lowest BCUT2D eigenvalue weighted by Gasteiger charge is -2.28. The van der Waals surface area contributed by atoms with Gasteiger partial charge in [-0.15, -0.1) is 11.3 Å². The molecule has 1 aromatic carbocycles. The maximum Gasteiger partial charge on any atom is 0.0668 e. The maximum absolute atomic E-state index is 3.37. The summed E-state index contributed by atoms with van der Waals surface area (Å²) >= 11 is 1.88. The summed E-state index contributed by atoms with van der Waals surface area (Å²) in [6.07, 6.45) is 4.61. The zero-order valence-electron chi connectivity index (χ0n) is 10.0. The fourth-order valence-corrected chi connectivity index (χ4v) is 3.73. The number of thiophene rings is 1. The third kappa shape index (κ3) is 1.40. The number of hydrogen-bond donors (Lipinski definition) is 1. The Morgan fingerprint density at radius 1 is 1.11 bits per heavy atom. The van der Waals surface area contributed by atoms with Crippen LogP contribution >= 0.6 is 11.3 Å². The van der Waals surface area contributed by atoms with Crippen LogP contribution in [-0.4, -0.2) is 11.5 Å². The molecule has 0 atom stereocenters. The second kappa shape index (κ2) is 3.89. The highest BCUT2D eigenvalue weighted by atomic mass is 32.1. The highest BCUT2D eigenvalue weighted by Crippen LogP contribution is 2.39. The van der Waals surface area contributed by atoms with Gasteiger partial charge in [0.25, 0.3) is 0 Å². The van der Waals surface area contributed by atoms with Crippen molar-refractivity contribution < 1.29 is 0 Å². The normalized spacial score (nSPS) is 15.0. The van der Waals surface area contributed by atoms with Gasteiger partial charge in [0.05, 0.1) is 11.4 Å². The van der Waals surface area contributed by atoms with Crippen LogP contribution in [0.15, 0.2) is 41.9 Å². The van der Waals surface area contributed by atoms with Crippen molar-refractivity contribution in [2.45, 2.75) is 12.8 Å². The number of nitrogens with zero attached hydrogens (tertiary/aromatic N) is 1. The summed E-state index contributed by atoms with van der Waals surface area (Å²) < 4.78 is 0. The third-order valence-corrected chi connectivity index (χ3v) is 4.63. The van der Waals surface area contributed by atoms with E-state index < -0.39 is 0 Å². The van der Waals surface area contributed by atoms with Crippen LogP contribution in [0.3, 0.4) is 0 Å². The number of H-pyrrole nitrogens is 1. The molecule has 0 bridgehead atoms. The first-order chi connectivity index (χ1) is 8.93. The first-order valence-corrected chi connectivity index (χ1v) is 7.21. The van der Waals surface area contributed by atoms with Crippen molar-refractivity contribution in [2.24, 2.45) is 0 Å². The van der Waals surface area contributed by atoms with Gasteiger partial charge in [-0.3, -0.25) is 0 Å². The number of hydrogen-bond acceptors (Lipinski definition) is 2. The van der Waals surface area contributed by atoms with Crippen LogP contribution in [0.5, 0.6) is 0 Å².